The highest BCUT2D eigenvalue weighted by atomic mass is 35.5. The lowest BCUT2D eigenvalue weighted by atomic mass is 10.1. The first kappa shape index (κ1) is 25.3. The summed E-state index contributed by atoms with van der Waals surface area (Å²) in [6.07, 6.45) is 1.35. The molecular weight excluding hydrogens is 562 g/mol. The number of halogens is 4. The number of benzene rings is 2. The Labute approximate surface area is 217 Å². The molecule has 4 aromatic rings. The molecule has 8 nitrogen and oxygen atoms in total. The van der Waals surface area contributed by atoms with Gasteiger partial charge >= 0.3 is 6.03 Å². The Morgan fingerprint density at radius 1 is 1.09 bits per heavy atom. The molecule has 2 heterocycles. The maximum Gasteiger partial charge on any atom is 0.333 e. The molecule has 2 aromatic heterocycles. The van der Waals surface area contributed by atoms with Gasteiger partial charge in [-0.05, 0) is 42.5 Å². The Bertz CT molecular complexity index is 1640. The molecule has 14 heteroatoms. The minimum absolute atomic E-state index is 0.0120. The van der Waals surface area contributed by atoms with Crippen LogP contribution in [-0.4, -0.2) is 26.1 Å². The molecule has 0 radical (unpaired) electrons. The van der Waals surface area contributed by atoms with Gasteiger partial charge in [0, 0.05) is 30.0 Å². The van der Waals surface area contributed by atoms with Crippen molar-refractivity contribution in [3.63, 3.8) is 0 Å². The third kappa shape index (κ3) is 4.95. The van der Waals surface area contributed by atoms with E-state index >= 15 is 0 Å². The second kappa shape index (κ2) is 9.67. The molecule has 2 aromatic carbocycles. The number of thiophene rings is 1. The molecule has 3 N–H and O–H groups in total. The van der Waals surface area contributed by atoms with Gasteiger partial charge in [0.2, 0.25) is 0 Å². The highest BCUT2D eigenvalue weighted by molar-refractivity contribution is 7.92. The van der Waals surface area contributed by atoms with Gasteiger partial charge in [0.1, 0.15) is 10.0 Å². The number of amides is 2. The number of hydrogen-bond donors (Lipinski definition) is 3. The molecule has 0 aliphatic carbocycles. The van der Waals surface area contributed by atoms with E-state index in [1.165, 1.54) is 54.2 Å². The molecular formula is C21H14Cl3FN4O4S2. The summed E-state index contributed by atoms with van der Waals surface area (Å²) in [7, 11) is -2.59. The lowest BCUT2D eigenvalue weighted by Gasteiger charge is -2.14. The number of nitrogens with zero attached hydrogens (tertiary/aromatic N) is 1. The zero-order chi connectivity index (χ0) is 25.5. The molecule has 2 amide bonds. The van der Waals surface area contributed by atoms with Crippen LogP contribution < -0.4 is 20.9 Å². The first-order chi connectivity index (χ1) is 16.5. The zero-order valence-corrected chi connectivity index (χ0v) is 21.4. The predicted octanol–water partition coefficient (Wildman–Crippen LogP) is 5.70. The van der Waals surface area contributed by atoms with E-state index in [4.69, 9.17) is 34.8 Å². The number of fused-ring (bicyclic) bond motifs is 1. The average Bonchev–Trinajstić information content (AvgIpc) is 3.24. The predicted molar refractivity (Wildman–Crippen MR) is 138 cm³/mol. The van der Waals surface area contributed by atoms with Crippen molar-refractivity contribution in [1.82, 2.24) is 9.29 Å². The highest BCUT2D eigenvalue weighted by Gasteiger charge is 2.20. The van der Waals surface area contributed by atoms with E-state index in [0.29, 0.717) is 5.69 Å². The number of pyridine rings is 1. The van der Waals surface area contributed by atoms with Gasteiger partial charge < -0.3 is 10.6 Å². The van der Waals surface area contributed by atoms with Gasteiger partial charge in [0.05, 0.1) is 25.5 Å². The van der Waals surface area contributed by atoms with Crippen molar-refractivity contribution >= 4 is 84.3 Å². The largest absolute Gasteiger partial charge is 0.385 e. The number of carbonyl (C=O) groups excluding carboxylic acids is 1. The standard InChI is InChI=1S/C21H14Cl3FN4O4S2/c1-26-19-14(25)8-12-17(18(19)24)13(22)9-29(20(12)30)11-4-2-10(3-5-11)27-21(31)28-35(32,33)16-7-6-15(23)34-16/h2-9,26H,1H3,(H2,27,28,31). The van der Waals surface area contributed by atoms with Crippen LogP contribution in [0.15, 0.2) is 57.7 Å². The molecule has 35 heavy (non-hydrogen) atoms. The van der Waals surface area contributed by atoms with Crippen LogP contribution >= 0.6 is 46.1 Å². The average molecular weight is 576 g/mol. The number of hydrogen-bond acceptors (Lipinski definition) is 6. The SMILES string of the molecule is CNc1c(F)cc2c(=O)n(-c3ccc(NC(=O)NS(=O)(=O)c4ccc(Cl)s4)cc3)cc(Cl)c2c1Cl. The summed E-state index contributed by atoms with van der Waals surface area (Å²) in [5.74, 6) is -0.707. The van der Waals surface area contributed by atoms with Crippen molar-refractivity contribution in [3.05, 3.63) is 79.2 Å². The quantitative estimate of drug-likeness (QED) is 0.283. The highest BCUT2D eigenvalue weighted by Crippen LogP contribution is 2.36. The fraction of sp³-hybridized carbons (Fsp3) is 0.0476. The Morgan fingerprint density at radius 3 is 2.37 bits per heavy atom. The van der Waals surface area contributed by atoms with E-state index in [9.17, 15) is 22.4 Å². The Kier molecular flexibility index (Phi) is 6.98. The summed E-state index contributed by atoms with van der Waals surface area (Å²) in [4.78, 5) is 25.2. The van der Waals surface area contributed by atoms with E-state index < -0.39 is 27.4 Å². The van der Waals surface area contributed by atoms with Gasteiger partial charge in [-0.1, -0.05) is 34.8 Å². The summed E-state index contributed by atoms with van der Waals surface area (Å²) in [5.41, 5.74) is 0.0706. The smallest absolute Gasteiger partial charge is 0.333 e. The number of nitrogens with one attached hydrogen (secondary N) is 3. The molecule has 0 bridgehead atoms. The number of sulfonamides is 1. The van der Waals surface area contributed by atoms with Crippen LogP contribution in [0.5, 0.6) is 0 Å². The Morgan fingerprint density at radius 2 is 1.77 bits per heavy atom. The van der Waals surface area contributed by atoms with Crippen LogP contribution in [0.1, 0.15) is 0 Å². The molecule has 182 valence electrons. The molecule has 4 rings (SSSR count). The van der Waals surface area contributed by atoms with Crippen LogP contribution in [-0.2, 0) is 10.0 Å². The molecule has 0 unspecified atom stereocenters. The minimum atomic E-state index is -4.09. The summed E-state index contributed by atoms with van der Waals surface area (Å²) in [6.45, 7) is 0. The summed E-state index contributed by atoms with van der Waals surface area (Å²) < 4.78 is 42.1. The molecule has 0 fully saturated rings. The van der Waals surface area contributed by atoms with Crippen LogP contribution in [0.2, 0.25) is 14.4 Å². The van der Waals surface area contributed by atoms with Gasteiger partial charge in [-0.2, -0.15) is 0 Å². The molecule has 0 aliphatic heterocycles. The Balaban J connectivity index is 1.60. The monoisotopic (exact) mass is 574 g/mol. The number of carbonyl (C=O) groups is 1. The Hall–Kier alpha value is -2.83. The van der Waals surface area contributed by atoms with Crippen LogP contribution in [0.25, 0.3) is 16.5 Å². The minimum Gasteiger partial charge on any atom is -0.385 e. The number of aromatic nitrogens is 1. The number of rotatable bonds is 5. The van der Waals surface area contributed by atoms with Gasteiger partial charge in [0.15, 0.2) is 0 Å². The van der Waals surface area contributed by atoms with E-state index in [1.54, 1.807) is 0 Å². The molecule has 0 saturated heterocycles. The van der Waals surface area contributed by atoms with E-state index in [1.807, 2.05) is 4.72 Å². The van der Waals surface area contributed by atoms with Crippen molar-refractivity contribution in [2.75, 3.05) is 17.7 Å². The van der Waals surface area contributed by atoms with Crippen molar-refractivity contribution in [3.8, 4) is 5.69 Å². The topological polar surface area (TPSA) is 109 Å². The van der Waals surface area contributed by atoms with Crippen molar-refractivity contribution in [2.45, 2.75) is 4.21 Å². The molecule has 0 atom stereocenters. The van der Waals surface area contributed by atoms with Gasteiger partial charge in [-0.3, -0.25) is 9.36 Å². The first-order valence-electron chi connectivity index (χ1n) is 9.62. The van der Waals surface area contributed by atoms with Crippen LogP contribution in [0.3, 0.4) is 0 Å². The maximum atomic E-state index is 14.4. The van der Waals surface area contributed by atoms with Crippen molar-refractivity contribution in [2.24, 2.45) is 0 Å². The van der Waals surface area contributed by atoms with Crippen LogP contribution in [0, 0.1) is 5.82 Å². The lowest BCUT2D eigenvalue weighted by Crippen LogP contribution is -2.33. The normalized spacial score (nSPS) is 11.5. The fourth-order valence-corrected chi connectivity index (χ4v) is 6.41. The fourth-order valence-electron chi connectivity index (χ4n) is 3.28. The summed E-state index contributed by atoms with van der Waals surface area (Å²) in [5, 5.41) is 5.34. The van der Waals surface area contributed by atoms with E-state index in [2.05, 4.69) is 10.6 Å². The van der Waals surface area contributed by atoms with Crippen molar-refractivity contribution in [1.29, 1.82) is 0 Å². The number of anilines is 2. The van der Waals surface area contributed by atoms with E-state index in [-0.39, 0.29) is 40.7 Å². The molecule has 0 aliphatic rings. The van der Waals surface area contributed by atoms with Gasteiger partial charge in [-0.15, -0.1) is 11.3 Å². The summed E-state index contributed by atoms with van der Waals surface area (Å²) >= 11 is 19.2. The van der Waals surface area contributed by atoms with Gasteiger partial charge in [-0.25, -0.2) is 22.3 Å². The zero-order valence-electron chi connectivity index (χ0n) is 17.5. The second-order valence-corrected chi connectivity index (χ2v) is 11.4. The first-order valence-corrected chi connectivity index (χ1v) is 13.1. The molecule has 0 saturated carbocycles. The third-order valence-corrected chi connectivity index (χ3v) is 8.56. The second-order valence-electron chi connectivity index (χ2n) is 7.04. The van der Waals surface area contributed by atoms with Crippen LogP contribution in [0.4, 0.5) is 20.6 Å². The van der Waals surface area contributed by atoms with E-state index in [0.717, 1.165) is 17.4 Å². The number of urea groups is 1. The van der Waals surface area contributed by atoms with Gasteiger partial charge in [0.25, 0.3) is 15.6 Å². The lowest BCUT2D eigenvalue weighted by molar-refractivity contribution is 0.256. The summed E-state index contributed by atoms with van der Waals surface area (Å²) in [6, 6.07) is 8.64. The maximum absolute atomic E-state index is 14.4. The molecule has 0 spiro atoms. The van der Waals surface area contributed by atoms with Crippen molar-refractivity contribution < 1.29 is 17.6 Å². The third-order valence-electron chi connectivity index (χ3n) is 4.84.